The second-order valence-electron chi connectivity index (χ2n) is 0.283. The monoisotopic (exact) mass is 150 g/mol. The van der Waals surface area contributed by atoms with Crippen molar-refractivity contribution >= 4 is 23.1 Å². The van der Waals surface area contributed by atoms with E-state index in [1.54, 1.807) is 0 Å². The maximum atomic E-state index is 8.56. The van der Waals surface area contributed by atoms with Gasteiger partial charge < -0.3 is 11.6 Å². The van der Waals surface area contributed by atoms with Crippen molar-refractivity contribution in [1.82, 2.24) is 0 Å². The van der Waals surface area contributed by atoms with Crippen LogP contribution in [0.25, 0.3) is 0 Å². The van der Waals surface area contributed by atoms with Gasteiger partial charge in [-0.3, -0.25) is 0 Å². The molecule has 0 rings (SSSR count). The fraction of sp³-hybridized carbons (Fsp3) is 0. The molecule has 0 saturated carbocycles. The minimum absolute atomic E-state index is 0. The predicted octanol–water partition coefficient (Wildman–Crippen LogP) is -2.08. The standard InChI is InChI=1S/CH2O3.BrH.Li.H/c2-1(3)4;;;/h(H2,2,3,4);1H;;/q;;+1;-1. The molecule has 6 heavy (non-hydrogen) atoms. The van der Waals surface area contributed by atoms with E-state index >= 15 is 0 Å². The molecule has 0 atom stereocenters. The second kappa shape index (κ2) is 9.02. The van der Waals surface area contributed by atoms with Crippen LogP contribution in [-0.2, 0) is 0 Å². The molecule has 0 heterocycles. The van der Waals surface area contributed by atoms with Crippen molar-refractivity contribution in [1.29, 1.82) is 0 Å². The van der Waals surface area contributed by atoms with Gasteiger partial charge >= 0.3 is 25.0 Å². The van der Waals surface area contributed by atoms with Crippen LogP contribution in [0.3, 0.4) is 0 Å². The minimum Gasteiger partial charge on any atom is -1.00 e. The van der Waals surface area contributed by atoms with Crippen LogP contribution in [0.1, 0.15) is 1.43 Å². The zero-order valence-corrected chi connectivity index (χ0v) is 4.92. The van der Waals surface area contributed by atoms with E-state index in [2.05, 4.69) is 0 Å². The number of carboxylic acid groups (broad SMARTS) is 2. The summed E-state index contributed by atoms with van der Waals surface area (Å²) in [5, 5.41) is 13.9. The van der Waals surface area contributed by atoms with Crippen LogP contribution in [0.2, 0.25) is 0 Å². The molecule has 0 aromatic rings. The van der Waals surface area contributed by atoms with Crippen molar-refractivity contribution in [3.8, 4) is 0 Å². The second-order valence-corrected chi connectivity index (χ2v) is 0.283. The Kier molecular flexibility index (Phi) is 24.4. The van der Waals surface area contributed by atoms with Crippen molar-refractivity contribution in [2.45, 2.75) is 0 Å². The van der Waals surface area contributed by atoms with Crippen molar-refractivity contribution in [3.63, 3.8) is 0 Å². The van der Waals surface area contributed by atoms with Gasteiger partial charge in [-0.1, -0.05) is 0 Å². The summed E-state index contributed by atoms with van der Waals surface area (Å²) in [6, 6.07) is 0. The van der Waals surface area contributed by atoms with Gasteiger partial charge in [-0.2, -0.15) is 0 Å². The molecule has 34 valence electrons. The Morgan fingerprint density at radius 1 is 1.50 bits per heavy atom. The maximum absolute atomic E-state index is 8.56. The predicted molar refractivity (Wildman–Crippen MR) is 22.1 cm³/mol. The van der Waals surface area contributed by atoms with Crippen molar-refractivity contribution in [3.05, 3.63) is 0 Å². The van der Waals surface area contributed by atoms with E-state index < -0.39 is 6.16 Å². The van der Waals surface area contributed by atoms with Crippen molar-refractivity contribution < 1.29 is 35.3 Å². The number of halogens is 1. The molecule has 0 aliphatic rings. The molecule has 0 fully saturated rings. The molecule has 0 radical (unpaired) electrons. The summed E-state index contributed by atoms with van der Waals surface area (Å²) in [7, 11) is 0. The van der Waals surface area contributed by atoms with Crippen LogP contribution in [0.15, 0.2) is 0 Å². The first-order chi connectivity index (χ1) is 1.73. The van der Waals surface area contributed by atoms with Crippen LogP contribution in [0.4, 0.5) is 4.79 Å². The van der Waals surface area contributed by atoms with Crippen LogP contribution in [0.5, 0.6) is 0 Å². The zero-order valence-electron chi connectivity index (χ0n) is 4.21. The normalized spacial score (nSPS) is 4.00. The average Bonchev–Trinajstić information content (AvgIpc) is 0.811. The molecule has 5 heteroatoms. The molecule has 0 aromatic carbocycles. The number of rotatable bonds is 0. The van der Waals surface area contributed by atoms with Crippen molar-refractivity contribution in [2.24, 2.45) is 0 Å². The van der Waals surface area contributed by atoms with Gasteiger partial charge in [0.25, 0.3) is 0 Å². The molecular weight excluding hydrogens is 147 g/mol. The SMILES string of the molecule is Br.O=C(O)O.[H-].[Li+]. The summed E-state index contributed by atoms with van der Waals surface area (Å²) in [4.78, 5) is 8.56. The number of carbonyl (C=O) groups is 1. The third-order valence-corrected chi connectivity index (χ3v) is 0. The molecule has 2 N–H and O–H groups in total. The number of hydrogen-bond donors (Lipinski definition) is 2. The van der Waals surface area contributed by atoms with Gasteiger partial charge in [0.15, 0.2) is 0 Å². The minimum atomic E-state index is -1.83. The fourth-order valence-corrected chi connectivity index (χ4v) is 0. The molecule has 0 spiro atoms. The van der Waals surface area contributed by atoms with E-state index in [-0.39, 0.29) is 37.3 Å². The van der Waals surface area contributed by atoms with Gasteiger partial charge in [-0.25, -0.2) is 4.79 Å². The topological polar surface area (TPSA) is 57.5 Å². The maximum Gasteiger partial charge on any atom is 1.00 e. The molecular formula is CH4BrLiO3. The van der Waals surface area contributed by atoms with E-state index in [0.717, 1.165) is 0 Å². The molecule has 0 unspecified atom stereocenters. The summed E-state index contributed by atoms with van der Waals surface area (Å²) in [5.74, 6) is 0. The Morgan fingerprint density at radius 3 is 1.50 bits per heavy atom. The van der Waals surface area contributed by atoms with Gasteiger partial charge in [0.1, 0.15) is 0 Å². The molecule has 0 aliphatic carbocycles. The molecule has 0 saturated heterocycles. The Hall–Kier alpha value is 0.347. The number of hydrogen-bond acceptors (Lipinski definition) is 1. The first-order valence-electron chi connectivity index (χ1n) is 0.651. The van der Waals surface area contributed by atoms with E-state index in [1.165, 1.54) is 0 Å². The largest absolute Gasteiger partial charge is 1.00 e. The Labute approximate surface area is 58.8 Å². The van der Waals surface area contributed by atoms with Crippen LogP contribution >= 0.6 is 17.0 Å². The van der Waals surface area contributed by atoms with Crippen molar-refractivity contribution in [2.75, 3.05) is 0 Å². The molecule has 0 aromatic heterocycles. The van der Waals surface area contributed by atoms with Gasteiger partial charge in [-0.05, 0) is 0 Å². The summed E-state index contributed by atoms with van der Waals surface area (Å²) >= 11 is 0. The van der Waals surface area contributed by atoms with Gasteiger partial charge in [0, 0.05) is 0 Å². The van der Waals surface area contributed by atoms with Gasteiger partial charge in [-0.15, -0.1) is 17.0 Å². The summed E-state index contributed by atoms with van der Waals surface area (Å²) < 4.78 is 0. The third-order valence-electron chi connectivity index (χ3n) is 0. The Balaban J connectivity index is -0.0000000150. The first-order valence-corrected chi connectivity index (χ1v) is 0.651. The molecule has 0 aliphatic heterocycles. The Bertz CT molecular complexity index is 37.9. The van der Waals surface area contributed by atoms with E-state index in [1.807, 2.05) is 0 Å². The zero-order chi connectivity index (χ0) is 3.58. The molecule has 3 nitrogen and oxygen atoms in total. The van der Waals surface area contributed by atoms with E-state index in [4.69, 9.17) is 15.0 Å². The first kappa shape index (κ1) is 16.2. The van der Waals surface area contributed by atoms with Crippen LogP contribution < -0.4 is 18.9 Å². The summed E-state index contributed by atoms with van der Waals surface area (Å²) in [6.45, 7) is 0. The van der Waals surface area contributed by atoms with E-state index in [0.29, 0.717) is 0 Å². The summed E-state index contributed by atoms with van der Waals surface area (Å²) in [6.07, 6.45) is -1.83. The van der Waals surface area contributed by atoms with Gasteiger partial charge in [0.2, 0.25) is 0 Å². The smallest absolute Gasteiger partial charge is 1.00 e. The quantitative estimate of drug-likeness (QED) is 0.390. The van der Waals surface area contributed by atoms with Crippen LogP contribution in [0, 0.1) is 0 Å². The molecule has 0 bridgehead atoms. The molecule has 0 amide bonds. The average molecular weight is 151 g/mol. The van der Waals surface area contributed by atoms with E-state index in [9.17, 15) is 0 Å². The fourth-order valence-electron chi connectivity index (χ4n) is 0. The summed E-state index contributed by atoms with van der Waals surface area (Å²) in [5.41, 5.74) is 0. The van der Waals surface area contributed by atoms with Crippen LogP contribution in [-0.4, -0.2) is 16.4 Å². The third kappa shape index (κ3) is 404. The Morgan fingerprint density at radius 2 is 1.50 bits per heavy atom. The van der Waals surface area contributed by atoms with Gasteiger partial charge in [0.05, 0.1) is 0 Å².